The molecule has 1 atom stereocenters. The van der Waals surface area contributed by atoms with Gasteiger partial charge in [0.15, 0.2) is 0 Å². The van der Waals surface area contributed by atoms with Crippen molar-refractivity contribution in [2.24, 2.45) is 0 Å². The molecule has 1 fully saturated rings. The van der Waals surface area contributed by atoms with Crippen molar-refractivity contribution in [1.82, 2.24) is 19.4 Å². The topological polar surface area (TPSA) is 67.7 Å². The van der Waals surface area contributed by atoms with Gasteiger partial charge >= 0.3 is 12.1 Å². The Kier molecular flexibility index (Phi) is 10.5. The van der Waals surface area contributed by atoms with Crippen LogP contribution in [0.3, 0.4) is 0 Å². The van der Waals surface area contributed by atoms with Crippen molar-refractivity contribution in [2.75, 3.05) is 32.2 Å². The van der Waals surface area contributed by atoms with E-state index in [2.05, 4.69) is 9.88 Å². The molecule has 1 aromatic heterocycles. The van der Waals surface area contributed by atoms with Crippen LogP contribution in [0.15, 0.2) is 67.1 Å². The standard InChI is InChI=1S/C30H35F3N4O3S/c1-40-29(39)27(14-17-41-2)37(28(38)23-6-4-3-5-7-23)25-12-15-35(16-13-25)20-26-18-34-21-36(26)19-22-8-10-24(11-9-22)30(31,32)33/h3-11,18,21,25,27H,12-17,19-20H2,1-2H3/t27-/m0/s1. The summed E-state index contributed by atoms with van der Waals surface area (Å²) in [7, 11) is 1.36. The van der Waals surface area contributed by atoms with Crippen LogP contribution < -0.4 is 0 Å². The lowest BCUT2D eigenvalue weighted by Gasteiger charge is -2.41. The predicted molar refractivity (Wildman–Crippen MR) is 152 cm³/mol. The van der Waals surface area contributed by atoms with Crippen LogP contribution in [0, 0.1) is 0 Å². The van der Waals surface area contributed by atoms with E-state index in [0.717, 1.165) is 29.1 Å². The molecule has 2 aromatic carbocycles. The molecule has 11 heteroatoms. The molecular formula is C30H35F3N4O3S. The van der Waals surface area contributed by atoms with E-state index in [-0.39, 0.29) is 11.9 Å². The second-order valence-corrected chi connectivity index (χ2v) is 11.1. The van der Waals surface area contributed by atoms with Gasteiger partial charge in [-0.25, -0.2) is 9.78 Å². The van der Waals surface area contributed by atoms with Gasteiger partial charge in [-0.3, -0.25) is 9.69 Å². The minimum atomic E-state index is -4.36. The number of benzene rings is 2. The Bertz CT molecular complexity index is 1280. The number of esters is 1. The molecule has 1 amide bonds. The highest BCUT2D eigenvalue weighted by atomic mass is 32.2. The van der Waals surface area contributed by atoms with Crippen molar-refractivity contribution < 1.29 is 27.5 Å². The van der Waals surface area contributed by atoms with Gasteiger partial charge in [0.25, 0.3) is 5.91 Å². The van der Waals surface area contributed by atoms with Crippen LogP contribution in [0.25, 0.3) is 0 Å². The Morgan fingerprint density at radius 1 is 1.07 bits per heavy atom. The average molecular weight is 589 g/mol. The molecular weight excluding hydrogens is 553 g/mol. The molecule has 220 valence electrons. The highest BCUT2D eigenvalue weighted by Gasteiger charge is 2.37. The molecule has 1 aliphatic rings. The van der Waals surface area contributed by atoms with Crippen LogP contribution in [-0.4, -0.2) is 75.5 Å². The minimum Gasteiger partial charge on any atom is -0.467 e. The monoisotopic (exact) mass is 588 g/mol. The number of ether oxygens (including phenoxy) is 1. The lowest BCUT2D eigenvalue weighted by molar-refractivity contribution is -0.147. The maximum absolute atomic E-state index is 13.7. The number of imidazole rings is 1. The molecule has 0 saturated carbocycles. The molecule has 1 aliphatic heterocycles. The molecule has 3 aromatic rings. The molecule has 4 rings (SSSR count). The number of rotatable bonds is 11. The number of nitrogens with zero attached hydrogens (tertiary/aromatic N) is 4. The zero-order valence-electron chi connectivity index (χ0n) is 23.2. The highest BCUT2D eigenvalue weighted by molar-refractivity contribution is 7.98. The molecule has 0 aliphatic carbocycles. The number of carbonyl (C=O) groups is 2. The fourth-order valence-electron chi connectivity index (χ4n) is 5.23. The minimum absolute atomic E-state index is 0.123. The number of thioether (sulfide) groups is 1. The molecule has 0 unspecified atom stereocenters. The maximum Gasteiger partial charge on any atom is 0.416 e. The number of hydrogen-bond acceptors (Lipinski definition) is 6. The zero-order chi connectivity index (χ0) is 29.4. The predicted octanol–water partition coefficient (Wildman–Crippen LogP) is 5.35. The van der Waals surface area contributed by atoms with Gasteiger partial charge in [0.1, 0.15) is 6.04 Å². The number of methoxy groups -OCH3 is 1. The van der Waals surface area contributed by atoms with Gasteiger partial charge in [-0.2, -0.15) is 24.9 Å². The molecule has 0 N–H and O–H groups in total. The average Bonchev–Trinajstić information content (AvgIpc) is 3.41. The zero-order valence-corrected chi connectivity index (χ0v) is 24.0. The van der Waals surface area contributed by atoms with E-state index in [4.69, 9.17) is 4.74 Å². The number of aromatic nitrogens is 2. The molecule has 0 spiro atoms. The lowest BCUT2D eigenvalue weighted by Crippen LogP contribution is -2.54. The van der Waals surface area contributed by atoms with Gasteiger partial charge in [-0.15, -0.1) is 0 Å². The summed E-state index contributed by atoms with van der Waals surface area (Å²) in [5.74, 6) is 0.146. The smallest absolute Gasteiger partial charge is 0.416 e. The van der Waals surface area contributed by atoms with Gasteiger partial charge in [-0.1, -0.05) is 30.3 Å². The van der Waals surface area contributed by atoms with Gasteiger partial charge < -0.3 is 14.2 Å². The van der Waals surface area contributed by atoms with Crippen LogP contribution >= 0.6 is 11.8 Å². The van der Waals surface area contributed by atoms with Crippen LogP contribution in [0.5, 0.6) is 0 Å². The van der Waals surface area contributed by atoms with Gasteiger partial charge in [0.05, 0.1) is 24.7 Å². The van der Waals surface area contributed by atoms with Crippen LogP contribution in [-0.2, 0) is 28.8 Å². The summed E-state index contributed by atoms with van der Waals surface area (Å²) in [5, 5.41) is 0. The van der Waals surface area contributed by atoms with Crippen molar-refractivity contribution in [3.8, 4) is 0 Å². The van der Waals surface area contributed by atoms with E-state index in [1.807, 2.05) is 29.0 Å². The molecule has 0 radical (unpaired) electrons. The summed E-state index contributed by atoms with van der Waals surface area (Å²) < 4.78 is 45.8. The summed E-state index contributed by atoms with van der Waals surface area (Å²) in [6.45, 7) is 2.46. The van der Waals surface area contributed by atoms with E-state index in [1.165, 1.54) is 19.2 Å². The number of likely N-dealkylation sites (tertiary alicyclic amines) is 1. The molecule has 2 heterocycles. The van der Waals surface area contributed by atoms with Crippen molar-refractivity contribution in [1.29, 1.82) is 0 Å². The number of hydrogen-bond donors (Lipinski definition) is 0. The van der Waals surface area contributed by atoms with Crippen molar-refractivity contribution in [3.05, 3.63) is 89.5 Å². The van der Waals surface area contributed by atoms with E-state index >= 15 is 0 Å². The van der Waals surface area contributed by atoms with Crippen LogP contribution in [0.2, 0.25) is 0 Å². The summed E-state index contributed by atoms with van der Waals surface area (Å²) in [6.07, 6.45) is 2.97. The number of halogens is 3. The van der Waals surface area contributed by atoms with Crippen molar-refractivity contribution in [3.63, 3.8) is 0 Å². The van der Waals surface area contributed by atoms with Gasteiger partial charge in [-0.05, 0) is 61.1 Å². The second-order valence-electron chi connectivity index (χ2n) is 10.1. The SMILES string of the molecule is COC(=O)[C@H](CCSC)N(C(=O)c1ccccc1)C1CCN(Cc2cncn2Cc2ccc(C(F)(F)F)cc2)CC1. The lowest BCUT2D eigenvalue weighted by atomic mass is 9.98. The maximum atomic E-state index is 13.7. The molecule has 0 bridgehead atoms. The second kappa shape index (κ2) is 14.0. The largest absolute Gasteiger partial charge is 0.467 e. The Morgan fingerprint density at radius 3 is 2.37 bits per heavy atom. The summed E-state index contributed by atoms with van der Waals surface area (Å²) in [4.78, 5) is 34.9. The fourth-order valence-corrected chi connectivity index (χ4v) is 5.69. The Balaban J connectivity index is 1.44. The molecule has 41 heavy (non-hydrogen) atoms. The first-order valence-corrected chi connectivity index (χ1v) is 14.9. The van der Waals surface area contributed by atoms with Crippen LogP contribution in [0.4, 0.5) is 13.2 Å². The summed E-state index contributed by atoms with van der Waals surface area (Å²) >= 11 is 1.62. The number of alkyl halides is 3. The Morgan fingerprint density at radius 2 is 1.76 bits per heavy atom. The van der Waals surface area contributed by atoms with E-state index in [0.29, 0.717) is 51.0 Å². The highest BCUT2D eigenvalue weighted by Crippen LogP contribution is 2.29. The molecule has 7 nitrogen and oxygen atoms in total. The van der Waals surface area contributed by atoms with Crippen LogP contribution in [0.1, 0.15) is 46.4 Å². The third-order valence-corrected chi connectivity index (χ3v) is 8.07. The fraction of sp³-hybridized carbons (Fsp3) is 0.433. The van der Waals surface area contributed by atoms with Crippen molar-refractivity contribution >= 4 is 23.6 Å². The number of amides is 1. The third-order valence-electron chi connectivity index (χ3n) is 7.43. The molecule has 1 saturated heterocycles. The Hall–Kier alpha value is -3.31. The number of piperidine rings is 1. The van der Waals surface area contributed by atoms with Crippen molar-refractivity contribution in [2.45, 2.75) is 50.6 Å². The first kappa shape index (κ1) is 30.6. The first-order valence-electron chi connectivity index (χ1n) is 13.5. The summed E-state index contributed by atoms with van der Waals surface area (Å²) in [6, 6.07) is 13.4. The summed E-state index contributed by atoms with van der Waals surface area (Å²) in [5.41, 5.74) is 1.58. The normalized spacial score (nSPS) is 15.4. The Labute approximate surface area is 242 Å². The van der Waals surface area contributed by atoms with Gasteiger partial charge in [0.2, 0.25) is 0 Å². The first-order chi connectivity index (χ1) is 19.7. The van der Waals surface area contributed by atoms with E-state index < -0.39 is 23.8 Å². The number of carbonyl (C=O) groups excluding carboxylic acids is 2. The quantitative estimate of drug-likeness (QED) is 0.282. The van der Waals surface area contributed by atoms with E-state index in [9.17, 15) is 22.8 Å². The van der Waals surface area contributed by atoms with E-state index in [1.54, 1.807) is 41.3 Å². The van der Waals surface area contributed by atoms with Gasteiger partial charge in [0, 0.05) is 44.0 Å². The third kappa shape index (κ3) is 7.91.